The zero-order valence-corrected chi connectivity index (χ0v) is 11.3. The number of nitrogens with two attached hydrogens (primary N) is 1. The Hall–Kier alpha value is -0.570. The number of hydrogen-bond acceptors (Lipinski definition) is 2. The van der Waals surface area contributed by atoms with Gasteiger partial charge in [-0.2, -0.15) is 0 Å². The van der Waals surface area contributed by atoms with E-state index in [1.165, 1.54) is 19.3 Å². The molecule has 0 aliphatic carbocycles. The van der Waals surface area contributed by atoms with Crippen molar-refractivity contribution in [3.8, 4) is 0 Å². The number of rotatable bonds is 9. The Morgan fingerprint density at radius 3 is 2.38 bits per heavy atom. The van der Waals surface area contributed by atoms with E-state index in [-0.39, 0.29) is 5.91 Å². The van der Waals surface area contributed by atoms with E-state index in [1.807, 2.05) is 6.92 Å². The van der Waals surface area contributed by atoms with E-state index < -0.39 is 5.54 Å². The third kappa shape index (κ3) is 6.11. The highest BCUT2D eigenvalue weighted by atomic mass is 16.1. The van der Waals surface area contributed by atoms with Crippen molar-refractivity contribution in [1.29, 1.82) is 0 Å². The average Bonchev–Trinajstić information content (AvgIpc) is 2.21. The monoisotopic (exact) mass is 228 g/mol. The minimum Gasteiger partial charge on any atom is -0.368 e. The van der Waals surface area contributed by atoms with E-state index in [0.717, 1.165) is 19.4 Å². The predicted molar refractivity (Wildman–Crippen MR) is 69.2 cm³/mol. The van der Waals surface area contributed by atoms with Gasteiger partial charge in [0.15, 0.2) is 0 Å². The van der Waals surface area contributed by atoms with Gasteiger partial charge < -0.3 is 11.1 Å². The van der Waals surface area contributed by atoms with Gasteiger partial charge in [0.1, 0.15) is 0 Å². The van der Waals surface area contributed by atoms with Crippen molar-refractivity contribution in [1.82, 2.24) is 5.32 Å². The molecule has 0 aromatic carbocycles. The van der Waals surface area contributed by atoms with Crippen LogP contribution in [0.15, 0.2) is 0 Å². The molecule has 16 heavy (non-hydrogen) atoms. The van der Waals surface area contributed by atoms with Crippen LogP contribution < -0.4 is 11.1 Å². The third-order valence-corrected chi connectivity index (χ3v) is 2.97. The normalized spacial score (nSPS) is 15.1. The van der Waals surface area contributed by atoms with Gasteiger partial charge in [0.05, 0.1) is 5.54 Å². The molecular formula is C13H28N2O. The van der Waals surface area contributed by atoms with E-state index in [2.05, 4.69) is 26.1 Å². The largest absolute Gasteiger partial charge is 0.368 e. The summed E-state index contributed by atoms with van der Waals surface area (Å²) in [6, 6.07) is 0. The van der Waals surface area contributed by atoms with Crippen LogP contribution in [0.1, 0.15) is 59.8 Å². The number of carbonyl (C=O) groups excluding carboxylic acids is 1. The summed E-state index contributed by atoms with van der Waals surface area (Å²) in [5.74, 6) is 0.305. The van der Waals surface area contributed by atoms with Gasteiger partial charge in [0, 0.05) is 0 Å². The summed E-state index contributed by atoms with van der Waals surface area (Å²) in [5, 5.41) is 3.30. The Balaban J connectivity index is 4.07. The molecular weight excluding hydrogens is 200 g/mol. The predicted octanol–water partition coefficient (Wildman–Crippen LogP) is 2.45. The summed E-state index contributed by atoms with van der Waals surface area (Å²) in [5.41, 5.74) is 4.94. The summed E-state index contributed by atoms with van der Waals surface area (Å²) in [6.45, 7) is 9.21. The molecule has 0 fully saturated rings. The van der Waals surface area contributed by atoms with Gasteiger partial charge in [-0.05, 0) is 25.8 Å². The lowest BCUT2D eigenvalue weighted by atomic mass is 9.92. The Kier molecular flexibility index (Phi) is 7.39. The van der Waals surface area contributed by atoms with Crippen LogP contribution in [-0.2, 0) is 4.79 Å². The number of hydrogen-bond donors (Lipinski definition) is 2. The number of amides is 1. The second-order valence-corrected chi connectivity index (χ2v) is 5.28. The van der Waals surface area contributed by atoms with Crippen LogP contribution in [0.2, 0.25) is 0 Å². The van der Waals surface area contributed by atoms with E-state index in [4.69, 9.17) is 5.73 Å². The third-order valence-electron chi connectivity index (χ3n) is 2.97. The van der Waals surface area contributed by atoms with Crippen LogP contribution >= 0.6 is 0 Å². The van der Waals surface area contributed by atoms with Crippen LogP contribution in [0.4, 0.5) is 0 Å². The summed E-state index contributed by atoms with van der Waals surface area (Å²) in [6.07, 6.45) is 5.54. The SMILES string of the molecule is CCCCCCC(C)(NCC(C)C)C(N)=O. The zero-order valence-electron chi connectivity index (χ0n) is 11.3. The molecule has 0 heterocycles. The fourth-order valence-corrected chi connectivity index (χ4v) is 1.63. The molecule has 0 spiro atoms. The molecule has 0 aromatic rings. The van der Waals surface area contributed by atoms with Crippen LogP contribution in [0.5, 0.6) is 0 Å². The molecule has 96 valence electrons. The van der Waals surface area contributed by atoms with Gasteiger partial charge >= 0.3 is 0 Å². The first-order chi connectivity index (χ1) is 7.42. The molecule has 1 amide bonds. The van der Waals surface area contributed by atoms with Crippen molar-refractivity contribution < 1.29 is 4.79 Å². The van der Waals surface area contributed by atoms with Gasteiger partial charge in [0.2, 0.25) is 5.91 Å². The maximum Gasteiger partial charge on any atom is 0.237 e. The van der Waals surface area contributed by atoms with Crippen LogP contribution in [0.3, 0.4) is 0 Å². The van der Waals surface area contributed by atoms with Crippen LogP contribution in [0.25, 0.3) is 0 Å². The smallest absolute Gasteiger partial charge is 0.237 e. The van der Waals surface area contributed by atoms with Gasteiger partial charge in [-0.15, -0.1) is 0 Å². The quantitative estimate of drug-likeness (QED) is 0.596. The molecule has 0 aliphatic rings. The summed E-state index contributed by atoms with van der Waals surface area (Å²) in [7, 11) is 0. The highest BCUT2D eigenvalue weighted by Gasteiger charge is 2.29. The molecule has 3 heteroatoms. The first-order valence-corrected chi connectivity index (χ1v) is 6.47. The highest BCUT2D eigenvalue weighted by molar-refractivity contribution is 5.84. The Morgan fingerprint density at radius 2 is 1.94 bits per heavy atom. The Morgan fingerprint density at radius 1 is 1.31 bits per heavy atom. The summed E-state index contributed by atoms with van der Waals surface area (Å²) in [4.78, 5) is 11.5. The molecule has 0 aromatic heterocycles. The second-order valence-electron chi connectivity index (χ2n) is 5.28. The second kappa shape index (κ2) is 7.66. The molecule has 0 bridgehead atoms. The number of primary amides is 1. The molecule has 1 atom stereocenters. The van der Waals surface area contributed by atoms with Gasteiger partial charge in [-0.25, -0.2) is 0 Å². The minimum absolute atomic E-state index is 0.232. The number of carbonyl (C=O) groups is 1. The van der Waals surface area contributed by atoms with Crippen molar-refractivity contribution in [2.45, 2.75) is 65.3 Å². The van der Waals surface area contributed by atoms with Crippen molar-refractivity contribution in [2.24, 2.45) is 11.7 Å². The molecule has 1 unspecified atom stereocenters. The molecule has 0 rings (SSSR count). The van der Waals surface area contributed by atoms with Crippen LogP contribution in [-0.4, -0.2) is 18.0 Å². The lowest BCUT2D eigenvalue weighted by Gasteiger charge is -2.28. The van der Waals surface area contributed by atoms with E-state index >= 15 is 0 Å². The maximum absolute atomic E-state index is 11.5. The van der Waals surface area contributed by atoms with Crippen molar-refractivity contribution in [2.75, 3.05) is 6.54 Å². The number of nitrogens with one attached hydrogen (secondary N) is 1. The van der Waals surface area contributed by atoms with Crippen LogP contribution in [0, 0.1) is 5.92 Å². The minimum atomic E-state index is -0.530. The molecule has 3 nitrogen and oxygen atoms in total. The zero-order chi connectivity index (χ0) is 12.6. The fraction of sp³-hybridized carbons (Fsp3) is 0.923. The standard InChI is InChI=1S/C13H28N2O/c1-5-6-7-8-9-13(4,12(14)16)15-10-11(2)3/h11,15H,5-10H2,1-4H3,(H2,14,16). The van der Waals surface area contributed by atoms with Gasteiger partial charge in [-0.1, -0.05) is 46.5 Å². The first-order valence-electron chi connectivity index (χ1n) is 6.47. The van der Waals surface area contributed by atoms with Crippen molar-refractivity contribution in [3.63, 3.8) is 0 Å². The summed E-state index contributed by atoms with van der Waals surface area (Å²) >= 11 is 0. The fourth-order valence-electron chi connectivity index (χ4n) is 1.63. The molecule has 0 aliphatic heterocycles. The molecule has 3 N–H and O–H groups in total. The molecule has 0 saturated heterocycles. The first kappa shape index (κ1) is 15.4. The van der Waals surface area contributed by atoms with Gasteiger partial charge in [0.25, 0.3) is 0 Å². The Bertz CT molecular complexity index is 204. The molecule has 0 saturated carbocycles. The van der Waals surface area contributed by atoms with E-state index in [9.17, 15) is 4.79 Å². The van der Waals surface area contributed by atoms with E-state index in [0.29, 0.717) is 5.92 Å². The lowest BCUT2D eigenvalue weighted by Crippen LogP contribution is -2.54. The Labute approximate surface area is 100 Å². The van der Waals surface area contributed by atoms with Crippen molar-refractivity contribution >= 4 is 5.91 Å². The maximum atomic E-state index is 11.5. The van der Waals surface area contributed by atoms with Gasteiger partial charge in [-0.3, -0.25) is 4.79 Å². The van der Waals surface area contributed by atoms with Crippen molar-refractivity contribution in [3.05, 3.63) is 0 Å². The topological polar surface area (TPSA) is 55.1 Å². The molecule has 0 radical (unpaired) electrons. The number of unbranched alkanes of at least 4 members (excludes halogenated alkanes) is 3. The summed E-state index contributed by atoms with van der Waals surface area (Å²) < 4.78 is 0. The lowest BCUT2D eigenvalue weighted by molar-refractivity contribution is -0.124. The van der Waals surface area contributed by atoms with E-state index in [1.54, 1.807) is 0 Å². The average molecular weight is 228 g/mol. The highest BCUT2D eigenvalue weighted by Crippen LogP contribution is 2.15.